The number of amides is 1. The van der Waals surface area contributed by atoms with Crippen LogP contribution in [0.3, 0.4) is 0 Å². The molecular formula is C15H21ClN4O. The van der Waals surface area contributed by atoms with Crippen LogP contribution in [-0.2, 0) is 20.0 Å². The number of anilines is 1. The van der Waals surface area contributed by atoms with Crippen LogP contribution in [0, 0.1) is 0 Å². The Bertz CT molecular complexity index is 609. The Balaban J connectivity index is 0.00000220. The van der Waals surface area contributed by atoms with Gasteiger partial charge in [-0.25, -0.2) is 0 Å². The molecule has 0 spiro atoms. The molecule has 0 aliphatic heterocycles. The zero-order valence-corrected chi connectivity index (χ0v) is 13.3. The van der Waals surface area contributed by atoms with Crippen LogP contribution in [0.15, 0.2) is 30.5 Å². The topological polar surface area (TPSA) is 59.0 Å². The molecule has 114 valence electrons. The van der Waals surface area contributed by atoms with Gasteiger partial charge in [-0.15, -0.1) is 12.4 Å². The van der Waals surface area contributed by atoms with Crippen molar-refractivity contribution in [3.63, 3.8) is 0 Å². The Morgan fingerprint density at radius 2 is 2.14 bits per heavy atom. The van der Waals surface area contributed by atoms with E-state index in [-0.39, 0.29) is 18.3 Å². The second-order valence-electron chi connectivity index (χ2n) is 4.70. The lowest BCUT2D eigenvalue weighted by Crippen LogP contribution is -2.13. The van der Waals surface area contributed by atoms with Gasteiger partial charge in [0.05, 0.1) is 11.3 Å². The van der Waals surface area contributed by atoms with Gasteiger partial charge in [0, 0.05) is 25.5 Å². The molecule has 21 heavy (non-hydrogen) atoms. The highest BCUT2D eigenvalue weighted by Crippen LogP contribution is 2.14. The van der Waals surface area contributed by atoms with E-state index in [0.29, 0.717) is 5.56 Å². The van der Waals surface area contributed by atoms with Crippen LogP contribution in [0.5, 0.6) is 0 Å². The molecule has 0 radical (unpaired) electrons. The van der Waals surface area contributed by atoms with Crippen molar-refractivity contribution in [2.24, 2.45) is 7.05 Å². The molecular weight excluding hydrogens is 288 g/mol. The van der Waals surface area contributed by atoms with Crippen LogP contribution < -0.4 is 10.6 Å². The number of aryl methyl sites for hydroxylation is 2. The maximum atomic E-state index is 12.3. The Morgan fingerprint density at radius 3 is 2.81 bits per heavy atom. The van der Waals surface area contributed by atoms with Crippen LogP contribution >= 0.6 is 12.4 Å². The standard InChI is InChI=1S/C15H20N4O.ClH/c1-4-14-13(10-19(3)18-14)15(20)17-12-7-5-6-11(8-12)9-16-2;/h5-8,10,16H,4,9H2,1-3H3,(H,17,20);1H. The molecule has 2 N–H and O–H groups in total. The maximum Gasteiger partial charge on any atom is 0.259 e. The second kappa shape index (κ2) is 7.81. The highest BCUT2D eigenvalue weighted by atomic mass is 35.5. The molecule has 2 rings (SSSR count). The first-order valence-electron chi connectivity index (χ1n) is 6.71. The lowest BCUT2D eigenvalue weighted by atomic mass is 10.1. The number of carbonyl (C=O) groups excluding carboxylic acids is 1. The third-order valence-electron chi connectivity index (χ3n) is 3.05. The van der Waals surface area contributed by atoms with Gasteiger partial charge in [-0.05, 0) is 31.2 Å². The van der Waals surface area contributed by atoms with Gasteiger partial charge in [0.1, 0.15) is 0 Å². The predicted molar refractivity (Wildman–Crippen MR) is 87.0 cm³/mol. The summed E-state index contributed by atoms with van der Waals surface area (Å²) in [6, 6.07) is 7.81. The van der Waals surface area contributed by atoms with Crippen molar-refractivity contribution >= 4 is 24.0 Å². The van der Waals surface area contributed by atoms with Crippen molar-refractivity contribution in [2.45, 2.75) is 19.9 Å². The highest BCUT2D eigenvalue weighted by molar-refractivity contribution is 6.04. The van der Waals surface area contributed by atoms with Gasteiger partial charge < -0.3 is 10.6 Å². The molecule has 0 unspecified atom stereocenters. The molecule has 1 amide bonds. The molecule has 0 aliphatic carbocycles. The number of benzene rings is 1. The van der Waals surface area contributed by atoms with E-state index in [4.69, 9.17) is 0 Å². The Labute approximate surface area is 131 Å². The highest BCUT2D eigenvalue weighted by Gasteiger charge is 2.14. The summed E-state index contributed by atoms with van der Waals surface area (Å²) in [5.41, 5.74) is 3.38. The number of carbonyl (C=O) groups is 1. The van der Waals surface area contributed by atoms with Gasteiger partial charge in [-0.1, -0.05) is 19.1 Å². The zero-order valence-electron chi connectivity index (χ0n) is 12.5. The normalized spacial score (nSPS) is 10.0. The molecule has 0 saturated heterocycles. The summed E-state index contributed by atoms with van der Waals surface area (Å²) in [6.45, 7) is 2.77. The van der Waals surface area contributed by atoms with Crippen molar-refractivity contribution in [1.82, 2.24) is 15.1 Å². The molecule has 6 heteroatoms. The summed E-state index contributed by atoms with van der Waals surface area (Å²) < 4.78 is 1.67. The van der Waals surface area contributed by atoms with Crippen LogP contribution in [0.25, 0.3) is 0 Å². The molecule has 1 aromatic carbocycles. The molecule has 0 aliphatic rings. The van der Waals surface area contributed by atoms with E-state index >= 15 is 0 Å². The average molecular weight is 309 g/mol. The fourth-order valence-corrected chi connectivity index (χ4v) is 2.15. The monoisotopic (exact) mass is 308 g/mol. The number of rotatable bonds is 5. The van der Waals surface area contributed by atoms with Crippen LogP contribution in [-0.4, -0.2) is 22.7 Å². The Hall–Kier alpha value is -1.85. The van der Waals surface area contributed by atoms with Crippen molar-refractivity contribution in [2.75, 3.05) is 12.4 Å². The largest absolute Gasteiger partial charge is 0.322 e. The first-order chi connectivity index (χ1) is 9.63. The van der Waals surface area contributed by atoms with Gasteiger partial charge in [-0.2, -0.15) is 5.10 Å². The zero-order chi connectivity index (χ0) is 14.5. The van der Waals surface area contributed by atoms with E-state index in [9.17, 15) is 4.79 Å². The molecule has 2 aromatic rings. The van der Waals surface area contributed by atoms with Crippen molar-refractivity contribution in [3.8, 4) is 0 Å². The number of aromatic nitrogens is 2. The van der Waals surface area contributed by atoms with Gasteiger partial charge in [-0.3, -0.25) is 9.48 Å². The van der Waals surface area contributed by atoms with Crippen molar-refractivity contribution in [3.05, 3.63) is 47.3 Å². The number of nitrogens with zero attached hydrogens (tertiary/aromatic N) is 2. The molecule has 5 nitrogen and oxygen atoms in total. The van der Waals surface area contributed by atoms with Crippen molar-refractivity contribution < 1.29 is 4.79 Å². The number of hydrogen-bond donors (Lipinski definition) is 2. The number of hydrogen-bond acceptors (Lipinski definition) is 3. The van der Waals surface area contributed by atoms with E-state index in [0.717, 1.165) is 29.9 Å². The van der Waals surface area contributed by atoms with Crippen molar-refractivity contribution in [1.29, 1.82) is 0 Å². The summed E-state index contributed by atoms with van der Waals surface area (Å²) in [4.78, 5) is 12.3. The van der Waals surface area contributed by atoms with E-state index < -0.39 is 0 Å². The molecule has 0 saturated carbocycles. The molecule has 0 fully saturated rings. The molecule has 1 heterocycles. The predicted octanol–water partition coefficient (Wildman–Crippen LogP) is 2.38. The van der Waals surface area contributed by atoms with Gasteiger partial charge in [0.25, 0.3) is 5.91 Å². The Kier molecular flexibility index (Phi) is 6.39. The summed E-state index contributed by atoms with van der Waals surface area (Å²) in [5.74, 6) is -0.114. The molecule has 0 atom stereocenters. The van der Waals surface area contributed by atoms with Crippen LogP contribution in [0.1, 0.15) is 28.5 Å². The minimum absolute atomic E-state index is 0. The lowest BCUT2D eigenvalue weighted by Gasteiger charge is -2.07. The van der Waals surface area contributed by atoms with Gasteiger partial charge >= 0.3 is 0 Å². The third kappa shape index (κ3) is 4.31. The lowest BCUT2D eigenvalue weighted by molar-refractivity contribution is 0.102. The van der Waals surface area contributed by atoms with Gasteiger partial charge in [0.15, 0.2) is 0 Å². The van der Waals surface area contributed by atoms with Gasteiger partial charge in [0.2, 0.25) is 0 Å². The van der Waals surface area contributed by atoms with E-state index in [2.05, 4.69) is 15.7 Å². The summed E-state index contributed by atoms with van der Waals surface area (Å²) in [5, 5.41) is 10.3. The fourth-order valence-electron chi connectivity index (χ4n) is 2.15. The molecule has 1 aromatic heterocycles. The SMILES string of the molecule is CCc1nn(C)cc1C(=O)Nc1cccc(CNC)c1.Cl. The minimum atomic E-state index is -0.114. The minimum Gasteiger partial charge on any atom is -0.322 e. The second-order valence-corrected chi connectivity index (χ2v) is 4.70. The first-order valence-corrected chi connectivity index (χ1v) is 6.71. The van der Waals surface area contributed by atoms with E-state index in [1.165, 1.54) is 0 Å². The maximum absolute atomic E-state index is 12.3. The first kappa shape index (κ1) is 17.2. The van der Waals surface area contributed by atoms with Crippen LogP contribution in [0.2, 0.25) is 0 Å². The molecule has 0 bridgehead atoms. The van der Waals surface area contributed by atoms with E-state index in [1.54, 1.807) is 10.9 Å². The van der Waals surface area contributed by atoms with E-state index in [1.807, 2.05) is 45.3 Å². The summed E-state index contributed by atoms with van der Waals surface area (Å²) >= 11 is 0. The fraction of sp³-hybridized carbons (Fsp3) is 0.333. The summed E-state index contributed by atoms with van der Waals surface area (Å²) in [6.07, 6.45) is 2.50. The quantitative estimate of drug-likeness (QED) is 0.891. The number of nitrogens with one attached hydrogen (secondary N) is 2. The summed E-state index contributed by atoms with van der Waals surface area (Å²) in [7, 11) is 3.72. The van der Waals surface area contributed by atoms with Crippen LogP contribution in [0.4, 0.5) is 5.69 Å². The number of halogens is 1. The smallest absolute Gasteiger partial charge is 0.259 e. The third-order valence-corrected chi connectivity index (χ3v) is 3.05. The average Bonchev–Trinajstić information content (AvgIpc) is 2.81. The Morgan fingerprint density at radius 1 is 1.38 bits per heavy atom.